The van der Waals surface area contributed by atoms with Crippen molar-refractivity contribution in [2.75, 3.05) is 12.4 Å². The van der Waals surface area contributed by atoms with Crippen molar-refractivity contribution in [2.24, 2.45) is 0 Å². The number of nitrogens with one attached hydrogen (secondary N) is 1. The second-order valence-corrected chi connectivity index (χ2v) is 5.12. The van der Waals surface area contributed by atoms with Gasteiger partial charge in [0.2, 0.25) is 0 Å². The van der Waals surface area contributed by atoms with Gasteiger partial charge in [0.05, 0.1) is 24.4 Å². The molecule has 1 heterocycles. The smallest absolute Gasteiger partial charge is 0.418 e. The summed E-state index contributed by atoms with van der Waals surface area (Å²) >= 11 is 0. The van der Waals surface area contributed by atoms with Gasteiger partial charge in [-0.1, -0.05) is 12.1 Å². The molecule has 0 saturated carbocycles. The van der Waals surface area contributed by atoms with E-state index in [1.54, 1.807) is 6.07 Å². The Kier molecular flexibility index (Phi) is 3.47. The van der Waals surface area contributed by atoms with Crippen LogP contribution < -0.4 is 10.1 Å². The van der Waals surface area contributed by atoms with Crippen molar-refractivity contribution in [3.8, 4) is 5.75 Å². The van der Waals surface area contributed by atoms with Crippen molar-refractivity contribution >= 4 is 5.69 Å². The number of fused-ring (bicyclic) bond motifs is 1. The molecule has 22 heavy (non-hydrogen) atoms. The van der Waals surface area contributed by atoms with Crippen molar-refractivity contribution in [1.82, 2.24) is 0 Å². The van der Waals surface area contributed by atoms with E-state index in [4.69, 9.17) is 4.74 Å². The molecular weight excluding hydrogens is 298 g/mol. The van der Waals surface area contributed by atoms with E-state index in [9.17, 15) is 17.6 Å². The zero-order chi connectivity index (χ0) is 15.9. The predicted molar refractivity (Wildman–Crippen MR) is 74.5 cm³/mol. The van der Waals surface area contributed by atoms with Crippen LogP contribution in [0.15, 0.2) is 36.4 Å². The average Bonchev–Trinajstić information content (AvgIpc) is 2.89. The number of hydrogen-bond donors (Lipinski definition) is 1. The maximum Gasteiger partial charge on any atom is 0.418 e. The summed E-state index contributed by atoms with van der Waals surface area (Å²) in [6, 6.07) is 7.62. The molecule has 116 valence electrons. The maximum absolute atomic E-state index is 13.5. The summed E-state index contributed by atoms with van der Waals surface area (Å²) in [5, 5.41) is 2.86. The van der Waals surface area contributed by atoms with E-state index in [2.05, 4.69) is 5.32 Å². The summed E-state index contributed by atoms with van der Waals surface area (Å²) in [6.07, 6.45) is -4.08. The predicted octanol–water partition coefficient (Wildman–Crippen LogP) is 4.56. The van der Waals surface area contributed by atoms with Crippen LogP contribution in [0, 0.1) is 5.82 Å². The number of para-hydroxylation sites is 1. The topological polar surface area (TPSA) is 21.3 Å². The van der Waals surface area contributed by atoms with Crippen molar-refractivity contribution in [3.63, 3.8) is 0 Å². The Morgan fingerprint density at radius 2 is 1.95 bits per heavy atom. The third kappa shape index (κ3) is 2.49. The van der Waals surface area contributed by atoms with Gasteiger partial charge in [-0.2, -0.15) is 13.2 Å². The second kappa shape index (κ2) is 5.19. The average molecular weight is 311 g/mol. The van der Waals surface area contributed by atoms with Crippen molar-refractivity contribution in [3.05, 3.63) is 58.9 Å². The standard InChI is InChI=1S/C16H13F4NO/c1-22-14-6-5-10(17)8-11(14)13-7-9-3-2-4-12(15(9)21-13)16(18,19)20/h2-6,8,13,21H,7H2,1H3. The minimum Gasteiger partial charge on any atom is -0.496 e. The summed E-state index contributed by atoms with van der Waals surface area (Å²) < 4.78 is 57.8. The van der Waals surface area contributed by atoms with Crippen LogP contribution in [0.1, 0.15) is 22.7 Å². The molecular formula is C16H13F4NO. The first-order valence-corrected chi connectivity index (χ1v) is 6.69. The lowest BCUT2D eigenvalue weighted by atomic mass is 10.0. The number of anilines is 1. The Labute approximate surface area is 124 Å². The van der Waals surface area contributed by atoms with Crippen LogP contribution in [0.25, 0.3) is 0 Å². The van der Waals surface area contributed by atoms with Gasteiger partial charge >= 0.3 is 6.18 Å². The lowest BCUT2D eigenvalue weighted by molar-refractivity contribution is -0.136. The maximum atomic E-state index is 13.5. The number of ether oxygens (including phenoxy) is 1. The Balaban J connectivity index is 2.01. The molecule has 1 aliphatic heterocycles. The molecule has 1 unspecified atom stereocenters. The van der Waals surface area contributed by atoms with E-state index in [1.807, 2.05) is 0 Å². The van der Waals surface area contributed by atoms with Crippen LogP contribution in [-0.4, -0.2) is 7.11 Å². The Bertz CT molecular complexity index is 712. The molecule has 2 aromatic rings. The number of alkyl halides is 3. The first-order valence-electron chi connectivity index (χ1n) is 6.69. The quantitative estimate of drug-likeness (QED) is 0.821. The van der Waals surface area contributed by atoms with Gasteiger partial charge in [-0.25, -0.2) is 4.39 Å². The van der Waals surface area contributed by atoms with Crippen LogP contribution in [-0.2, 0) is 12.6 Å². The van der Waals surface area contributed by atoms with E-state index in [0.29, 0.717) is 23.3 Å². The Morgan fingerprint density at radius 1 is 1.18 bits per heavy atom. The second-order valence-electron chi connectivity index (χ2n) is 5.12. The summed E-state index contributed by atoms with van der Waals surface area (Å²) in [4.78, 5) is 0. The zero-order valence-corrected chi connectivity index (χ0v) is 11.7. The van der Waals surface area contributed by atoms with E-state index in [-0.39, 0.29) is 5.69 Å². The first kappa shape index (κ1) is 14.7. The summed E-state index contributed by atoms with van der Waals surface area (Å²) in [7, 11) is 1.44. The fourth-order valence-corrected chi connectivity index (χ4v) is 2.79. The van der Waals surface area contributed by atoms with Crippen LogP contribution in [0.3, 0.4) is 0 Å². The van der Waals surface area contributed by atoms with Gasteiger partial charge in [0.1, 0.15) is 11.6 Å². The van der Waals surface area contributed by atoms with Gasteiger partial charge in [0, 0.05) is 5.56 Å². The van der Waals surface area contributed by atoms with E-state index in [1.165, 1.54) is 31.4 Å². The van der Waals surface area contributed by atoms with Crippen LogP contribution in [0.5, 0.6) is 5.75 Å². The Hall–Kier alpha value is -2.24. The van der Waals surface area contributed by atoms with E-state index < -0.39 is 23.6 Å². The molecule has 6 heteroatoms. The third-order valence-electron chi connectivity index (χ3n) is 3.77. The van der Waals surface area contributed by atoms with E-state index in [0.717, 1.165) is 6.07 Å². The molecule has 1 atom stereocenters. The normalized spacial score (nSPS) is 17.0. The molecule has 0 radical (unpaired) electrons. The molecule has 0 aliphatic carbocycles. The van der Waals surface area contributed by atoms with Crippen molar-refractivity contribution in [2.45, 2.75) is 18.6 Å². The van der Waals surface area contributed by atoms with Crippen LogP contribution in [0.2, 0.25) is 0 Å². The summed E-state index contributed by atoms with van der Waals surface area (Å²) in [5.41, 5.74) is 0.423. The zero-order valence-electron chi connectivity index (χ0n) is 11.7. The molecule has 2 aromatic carbocycles. The Morgan fingerprint density at radius 3 is 2.64 bits per heavy atom. The number of methoxy groups -OCH3 is 1. The fraction of sp³-hybridized carbons (Fsp3) is 0.250. The first-order chi connectivity index (χ1) is 10.4. The lowest BCUT2D eigenvalue weighted by Crippen LogP contribution is -2.11. The highest BCUT2D eigenvalue weighted by Crippen LogP contribution is 2.44. The molecule has 0 bridgehead atoms. The largest absolute Gasteiger partial charge is 0.496 e. The molecule has 3 rings (SSSR count). The van der Waals surface area contributed by atoms with Gasteiger partial charge < -0.3 is 10.1 Å². The fourth-order valence-electron chi connectivity index (χ4n) is 2.79. The SMILES string of the molecule is COc1ccc(F)cc1C1Cc2cccc(C(F)(F)F)c2N1. The molecule has 1 aliphatic rings. The number of halogens is 4. The molecule has 2 nitrogen and oxygen atoms in total. The van der Waals surface area contributed by atoms with Gasteiger partial charge in [-0.15, -0.1) is 0 Å². The number of rotatable bonds is 2. The minimum absolute atomic E-state index is 0.0614. The van der Waals surface area contributed by atoms with Gasteiger partial charge in [0.25, 0.3) is 0 Å². The highest BCUT2D eigenvalue weighted by atomic mass is 19.4. The lowest BCUT2D eigenvalue weighted by Gasteiger charge is -2.17. The summed E-state index contributed by atoms with van der Waals surface area (Å²) in [6.45, 7) is 0. The third-order valence-corrected chi connectivity index (χ3v) is 3.77. The van der Waals surface area contributed by atoms with Crippen molar-refractivity contribution in [1.29, 1.82) is 0 Å². The summed E-state index contributed by atoms with van der Waals surface area (Å²) in [5.74, 6) is -0.00938. The molecule has 0 spiro atoms. The number of benzene rings is 2. The molecule has 0 saturated heterocycles. The molecule has 0 fully saturated rings. The highest BCUT2D eigenvalue weighted by Gasteiger charge is 2.37. The van der Waals surface area contributed by atoms with Gasteiger partial charge in [-0.05, 0) is 36.2 Å². The molecule has 0 aromatic heterocycles. The highest BCUT2D eigenvalue weighted by molar-refractivity contribution is 5.65. The van der Waals surface area contributed by atoms with Gasteiger partial charge in [-0.3, -0.25) is 0 Å². The van der Waals surface area contributed by atoms with Crippen LogP contribution in [0.4, 0.5) is 23.2 Å². The van der Waals surface area contributed by atoms with E-state index >= 15 is 0 Å². The number of hydrogen-bond acceptors (Lipinski definition) is 2. The monoisotopic (exact) mass is 311 g/mol. The van der Waals surface area contributed by atoms with Gasteiger partial charge in [0.15, 0.2) is 0 Å². The van der Waals surface area contributed by atoms with Crippen LogP contribution >= 0.6 is 0 Å². The van der Waals surface area contributed by atoms with Crippen molar-refractivity contribution < 1.29 is 22.3 Å². The minimum atomic E-state index is -4.43. The molecule has 0 amide bonds. The molecule has 1 N–H and O–H groups in total.